The Balaban J connectivity index is 0.00000161. The Kier molecular flexibility index (Phi) is 5.96. The highest BCUT2D eigenvalue weighted by atomic mass is 35.5. The quantitative estimate of drug-likeness (QED) is 0.816. The summed E-state index contributed by atoms with van der Waals surface area (Å²) < 4.78 is 7.44. The van der Waals surface area contributed by atoms with Crippen LogP contribution in [0.4, 0.5) is 0 Å². The largest absolute Gasteiger partial charge is 0.375 e. The van der Waals surface area contributed by atoms with Gasteiger partial charge in [0.2, 0.25) is 5.91 Å². The topological polar surface area (TPSA) is 81.1 Å². The van der Waals surface area contributed by atoms with E-state index in [9.17, 15) is 4.79 Å². The second-order valence-corrected chi connectivity index (χ2v) is 5.44. The molecule has 2 fully saturated rings. The van der Waals surface area contributed by atoms with Crippen LogP contribution in [0.25, 0.3) is 0 Å². The molecular weight excluding hydrogens is 294 g/mol. The van der Waals surface area contributed by atoms with E-state index < -0.39 is 0 Å². The van der Waals surface area contributed by atoms with Gasteiger partial charge in [-0.15, -0.1) is 17.5 Å². The van der Waals surface area contributed by atoms with Crippen LogP contribution in [0.5, 0.6) is 0 Å². The summed E-state index contributed by atoms with van der Waals surface area (Å²) in [4.78, 5) is 12.2. The SMILES string of the molecule is Cl.O=C(NCCn1ccnn1)[C@H]1CC[C@H]2OCCN[C@@H]2C1. The number of carbonyl (C=O) groups excluding carboxylic acids is 1. The Hall–Kier alpha value is -1.18. The summed E-state index contributed by atoms with van der Waals surface area (Å²) in [6.07, 6.45) is 6.48. The van der Waals surface area contributed by atoms with E-state index in [1.54, 1.807) is 17.1 Å². The molecule has 118 valence electrons. The van der Waals surface area contributed by atoms with Gasteiger partial charge in [0.25, 0.3) is 0 Å². The first-order chi connectivity index (χ1) is 9.83. The van der Waals surface area contributed by atoms with Gasteiger partial charge in [0.05, 0.1) is 25.5 Å². The summed E-state index contributed by atoms with van der Waals surface area (Å²) in [7, 11) is 0. The molecule has 0 radical (unpaired) electrons. The second kappa shape index (κ2) is 7.72. The van der Waals surface area contributed by atoms with Gasteiger partial charge >= 0.3 is 0 Å². The number of amides is 1. The van der Waals surface area contributed by atoms with Crippen molar-refractivity contribution < 1.29 is 9.53 Å². The molecule has 2 aliphatic rings. The summed E-state index contributed by atoms with van der Waals surface area (Å²) in [5.41, 5.74) is 0. The highest BCUT2D eigenvalue weighted by molar-refractivity contribution is 5.85. The predicted octanol–water partition coefficient (Wildman–Crippen LogP) is -0.0268. The highest BCUT2D eigenvalue weighted by Crippen LogP contribution is 2.28. The van der Waals surface area contributed by atoms with Gasteiger partial charge < -0.3 is 15.4 Å². The van der Waals surface area contributed by atoms with E-state index in [1.807, 2.05) is 0 Å². The van der Waals surface area contributed by atoms with Crippen LogP contribution in [0.2, 0.25) is 0 Å². The monoisotopic (exact) mass is 315 g/mol. The number of rotatable bonds is 4. The zero-order chi connectivity index (χ0) is 13.8. The fourth-order valence-corrected chi connectivity index (χ4v) is 3.04. The third-order valence-electron chi connectivity index (χ3n) is 4.11. The predicted molar refractivity (Wildman–Crippen MR) is 79.2 cm³/mol. The van der Waals surface area contributed by atoms with E-state index >= 15 is 0 Å². The van der Waals surface area contributed by atoms with Gasteiger partial charge in [0, 0.05) is 31.2 Å². The molecule has 2 N–H and O–H groups in total. The maximum atomic E-state index is 12.2. The molecule has 1 saturated heterocycles. The molecule has 3 rings (SSSR count). The Morgan fingerprint density at radius 2 is 2.38 bits per heavy atom. The summed E-state index contributed by atoms with van der Waals surface area (Å²) in [5, 5.41) is 14.0. The number of hydrogen-bond donors (Lipinski definition) is 2. The fourth-order valence-electron chi connectivity index (χ4n) is 3.04. The number of nitrogens with one attached hydrogen (secondary N) is 2. The summed E-state index contributed by atoms with van der Waals surface area (Å²) in [6, 6.07) is 0.337. The maximum absolute atomic E-state index is 12.2. The van der Waals surface area contributed by atoms with Gasteiger partial charge in [-0.25, -0.2) is 0 Å². The summed E-state index contributed by atoms with van der Waals surface area (Å²) in [5.74, 6) is 0.247. The smallest absolute Gasteiger partial charge is 0.223 e. The number of fused-ring (bicyclic) bond motifs is 1. The van der Waals surface area contributed by atoms with Crippen LogP contribution in [0, 0.1) is 5.92 Å². The minimum atomic E-state index is 0. The van der Waals surface area contributed by atoms with E-state index in [4.69, 9.17) is 4.74 Å². The average Bonchev–Trinajstić information content (AvgIpc) is 3.00. The van der Waals surface area contributed by atoms with E-state index in [2.05, 4.69) is 20.9 Å². The van der Waals surface area contributed by atoms with Gasteiger partial charge in [-0.05, 0) is 19.3 Å². The molecular formula is C13H22ClN5O2. The lowest BCUT2D eigenvalue weighted by atomic mass is 9.82. The first-order valence-electron chi connectivity index (χ1n) is 7.30. The molecule has 7 nitrogen and oxygen atoms in total. The molecule has 8 heteroatoms. The lowest BCUT2D eigenvalue weighted by molar-refractivity contribution is -0.128. The van der Waals surface area contributed by atoms with Crippen molar-refractivity contribution in [3.8, 4) is 0 Å². The molecule has 1 aliphatic heterocycles. The molecule has 0 unspecified atom stereocenters. The number of hydrogen-bond acceptors (Lipinski definition) is 5. The van der Waals surface area contributed by atoms with Crippen molar-refractivity contribution in [2.75, 3.05) is 19.7 Å². The van der Waals surface area contributed by atoms with Gasteiger partial charge in [0.15, 0.2) is 0 Å². The number of halogens is 1. The molecule has 2 heterocycles. The van der Waals surface area contributed by atoms with Crippen LogP contribution >= 0.6 is 12.4 Å². The molecule has 1 aromatic heterocycles. The van der Waals surface area contributed by atoms with Crippen molar-refractivity contribution in [1.29, 1.82) is 0 Å². The van der Waals surface area contributed by atoms with Crippen molar-refractivity contribution in [1.82, 2.24) is 25.6 Å². The average molecular weight is 316 g/mol. The van der Waals surface area contributed by atoms with Gasteiger partial charge in [-0.2, -0.15) is 0 Å². The van der Waals surface area contributed by atoms with Crippen molar-refractivity contribution >= 4 is 18.3 Å². The number of ether oxygens (including phenoxy) is 1. The molecule has 1 amide bonds. The van der Waals surface area contributed by atoms with Crippen molar-refractivity contribution in [3.63, 3.8) is 0 Å². The van der Waals surface area contributed by atoms with E-state index in [1.165, 1.54) is 0 Å². The van der Waals surface area contributed by atoms with Crippen LogP contribution in [-0.4, -0.2) is 52.7 Å². The molecule has 1 aromatic rings. The van der Waals surface area contributed by atoms with Crippen LogP contribution < -0.4 is 10.6 Å². The minimum Gasteiger partial charge on any atom is -0.375 e. The maximum Gasteiger partial charge on any atom is 0.223 e. The van der Waals surface area contributed by atoms with E-state index in [-0.39, 0.29) is 24.2 Å². The first-order valence-corrected chi connectivity index (χ1v) is 7.30. The van der Waals surface area contributed by atoms with E-state index in [0.29, 0.717) is 25.2 Å². The number of morpholine rings is 1. The van der Waals surface area contributed by atoms with Gasteiger partial charge in [0.1, 0.15) is 0 Å². The lowest BCUT2D eigenvalue weighted by Crippen LogP contribution is -2.53. The molecule has 0 bridgehead atoms. The molecule has 1 aliphatic carbocycles. The lowest BCUT2D eigenvalue weighted by Gasteiger charge is -2.39. The first kappa shape index (κ1) is 16.2. The van der Waals surface area contributed by atoms with Crippen LogP contribution in [0.3, 0.4) is 0 Å². The van der Waals surface area contributed by atoms with Crippen LogP contribution in [-0.2, 0) is 16.1 Å². The Morgan fingerprint density at radius 1 is 1.48 bits per heavy atom. The number of nitrogens with zero attached hydrogens (tertiary/aromatic N) is 3. The molecule has 0 spiro atoms. The molecule has 0 aromatic carbocycles. The molecule has 3 atom stereocenters. The van der Waals surface area contributed by atoms with E-state index in [0.717, 1.165) is 32.4 Å². The minimum absolute atomic E-state index is 0. The third-order valence-corrected chi connectivity index (χ3v) is 4.11. The molecule has 1 saturated carbocycles. The normalized spacial score (nSPS) is 28.3. The van der Waals surface area contributed by atoms with Crippen LogP contribution in [0.1, 0.15) is 19.3 Å². The zero-order valence-corrected chi connectivity index (χ0v) is 12.7. The van der Waals surface area contributed by atoms with Crippen LogP contribution in [0.15, 0.2) is 12.4 Å². The zero-order valence-electron chi connectivity index (χ0n) is 11.9. The Morgan fingerprint density at radius 3 is 3.19 bits per heavy atom. The Bertz CT molecular complexity index is 442. The Labute approximate surface area is 130 Å². The summed E-state index contributed by atoms with van der Waals surface area (Å²) in [6.45, 7) is 2.93. The highest BCUT2D eigenvalue weighted by Gasteiger charge is 2.35. The van der Waals surface area contributed by atoms with Gasteiger partial charge in [-0.3, -0.25) is 9.48 Å². The summed E-state index contributed by atoms with van der Waals surface area (Å²) >= 11 is 0. The third kappa shape index (κ3) is 4.15. The second-order valence-electron chi connectivity index (χ2n) is 5.44. The standard InChI is InChI=1S/C13H21N5O2.ClH/c19-13(15-3-6-18-7-4-16-17-18)10-1-2-12-11(9-10)14-5-8-20-12;/h4,7,10-12,14H,1-3,5-6,8-9H2,(H,15,19);1H/t10-,11+,12+;/m0./s1. The van der Waals surface area contributed by atoms with Crippen molar-refractivity contribution in [2.24, 2.45) is 5.92 Å². The number of aromatic nitrogens is 3. The van der Waals surface area contributed by atoms with Gasteiger partial charge in [-0.1, -0.05) is 5.21 Å². The fraction of sp³-hybridized carbons (Fsp3) is 0.769. The van der Waals surface area contributed by atoms with Crippen molar-refractivity contribution in [3.05, 3.63) is 12.4 Å². The number of carbonyl (C=O) groups is 1. The molecule has 21 heavy (non-hydrogen) atoms. The van der Waals surface area contributed by atoms with Crippen molar-refractivity contribution in [2.45, 2.75) is 38.0 Å².